The summed E-state index contributed by atoms with van der Waals surface area (Å²) in [6.07, 6.45) is 0. The standard InChI is InChI=1S/C13H9BrClN3S/c14-9-3-1-7(15)5-11(9)18-13-17-10-4-2-8(16)6-12(10)19-13/h1-6H,16H2,(H,17,18). The molecule has 6 heteroatoms. The highest BCUT2D eigenvalue weighted by atomic mass is 79.9. The van der Waals surface area contributed by atoms with Gasteiger partial charge in [0.05, 0.1) is 15.9 Å². The fraction of sp³-hybridized carbons (Fsp3) is 0. The Labute approximate surface area is 127 Å². The molecule has 0 saturated heterocycles. The maximum Gasteiger partial charge on any atom is 0.188 e. The van der Waals surface area contributed by atoms with Crippen LogP contribution in [0.1, 0.15) is 0 Å². The van der Waals surface area contributed by atoms with Crippen molar-refractivity contribution in [2.45, 2.75) is 0 Å². The number of rotatable bonds is 2. The number of hydrogen-bond acceptors (Lipinski definition) is 4. The molecule has 1 aromatic heterocycles. The Morgan fingerprint density at radius 1 is 1.21 bits per heavy atom. The molecular weight excluding hydrogens is 346 g/mol. The van der Waals surface area contributed by atoms with Crippen molar-refractivity contribution in [3.05, 3.63) is 45.9 Å². The average Bonchev–Trinajstić information content (AvgIpc) is 2.75. The van der Waals surface area contributed by atoms with Crippen molar-refractivity contribution < 1.29 is 0 Å². The molecule has 2 aromatic carbocycles. The Bertz CT molecular complexity index is 757. The third-order valence-corrected chi connectivity index (χ3v) is 4.44. The van der Waals surface area contributed by atoms with Crippen LogP contribution in [0.15, 0.2) is 40.9 Å². The van der Waals surface area contributed by atoms with Gasteiger partial charge in [-0.15, -0.1) is 0 Å². The second-order valence-corrected chi connectivity index (χ2v) is 6.32. The molecule has 96 valence electrons. The van der Waals surface area contributed by atoms with Gasteiger partial charge in [-0.3, -0.25) is 0 Å². The molecule has 0 atom stereocenters. The molecule has 3 aromatic rings. The topological polar surface area (TPSA) is 50.9 Å². The van der Waals surface area contributed by atoms with Crippen LogP contribution in [-0.2, 0) is 0 Å². The molecule has 0 fully saturated rings. The Morgan fingerprint density at radius 3 is 2.89 bits per heavy atom. The van der Waals surface area contributed by atoms with E-state index in [2.05, 4.69) is 26.2 Å². The predicted octanol–water partition coefficient (Wildman–Crippen LogP) is 5.04. The van der Waals surface area contributed by atoms with E-state index in [9.17, 15) is 0 Å². The maximum absolute atomic E-state index is 5.99. The molecule has 0 aliphatic carbocycles. The lowest BCUT2D eigenvalue weighted by atomic mass is 10.3. The van der Waals surface area contributed by atoms with Crippen molar-refractivity contribution in [2.75, 3.05) is 11.1 Å². The van der Waals surface area contributed by atoms with Gasteiger partial charge in [0.25, 0.3) is 0 Å². The molecule has 0 amide bonds. The third kappa shape index (κ3) is 2.68. The first kappa shape index (κ1) is 12.7. The first-order chi connectivity index (χ1) is 9.11. The first-order valence-electron chi connectivity index (χ1n) is 5.50. The van der Waals surface area contributed by atoms with Crippen LogP contribution in [0, 0.1) is 0 Å². The summed E-state index contributed by atoms with van der Waals surface area (Å²) < 4.78 is 2.00. The van der Waals surface area contributed by atoms with E-state index >= 15 is 0 Å². The van der Waals surface area contributed by atoms with Crippen LogP contribution in [0.3, 0.4) is 0 Å². The van der Waals surface area contributed by atoms with E-state index in [4.69, 9.17) is 17.3 Å². The lowest BCUT2D eigenvalue weighted by Crippen LogP contribution is -1.90. The highest BCUT2D eigenvalue weighted by molar-refractivity contribution is 9.10. The van der Waals surface area contributed by atoms with Crippen LogP contribution < -0.4 is 11.1 Å². The quantitative estimate of drug-likeness (QED) is 0.634. The van der Waals surface area contributed by atoms with Crippen LogP contribution in [0.25, 0.3) is 10.2 Å². The average molecular weight is 355 g/mol. The molecule has 0 aliphatic rings. The van der Waals surface area contributed by atoms with Crippen LogP contribution >= 0.6 is 38.9 Å². The number of nitrogens with one attached hydrogen (secondary N) is 1. The molecule has 0 aliphatic heterocycles. The van der Waals surface area contributed by atoms with Gasteiger partial charge in [-0.1, -0.05) is 22.9 Å². The Morgan fingerprint density at radius 2 is 2.05 bits per heavy atom. The monoisotopic (exact) mass is 353 g/mol. The third-order valence-electron chi connectivity index (χ3n) is 2.58. The Balaban J connectivity index is 1.98. The molecule has 3 rings (SSSR count). The number of anilines is 3. The molecule has 0 radical (unpaired) electrons. The van der Waals surface area contributed by atoms with Crippen molar-refractivity contribution in [1.29, 1.82) is 0 Å². The number of aromatic nitrogens is 1. The minimum Gasteiger partial charge on any atom is -0.399 e. The SMILES string of the molecule is Nc1ccc2nc(Nc3cc(Cl)ccc3Br)sc2c1. The number of hydrogen-bond donors (Lipinski definition) is 2. The number of nitrogen functional groups attached to an aromatic ring is 1. The summed E-state index contributed by atoms with van der Waals surface area (Å²) >= 11 is 11.0. The zero-order valence-electron chi connectivity index (χ0n) is 9.65. The van der Waals surface area contributed by atoms with Gasteiger partial charge in [-0.05, 0) is 52.3 Å². The van der Waals surface area contributed by atoms with E-state index in [1.54, 1.807) is 11.3 Å². The molecule has 0 saturated carbocycles. The fourth-order valence-electron chi connectivity index (χ4n) is 1.70. The Kier molecular flexibility index (Phi) is 3.35. The number of thiazole rings is 1. The molecule has 3 nitrogen and oxygen atoms in total. The lowest BCUT2D eigenvalue weighted by molar-refractivity contribution is 1.43. The van der Waals surface area contributed by atoms with E-state index in [0.29, 0.717) is 5.02 Å². The molecule has 0 unspecified atom stereocenters. The fourth-order valence-corrected chi connectivity index (χ4v) is 3.15. The number of nitrogens with two attached hydrogens (primary N) is 1. The second kappa shape index (κ2) is 5.00. The number of benzene rings is 2. The second-order valence-electron chi connectivity index (χ2n) is 4.00. The summed E-state index contributed by atoms with van der Waals surface area (Å²) in [4.78, 5) is 4.51. The molecule has 3 N–H and O–H groups in total. The predicted molar refractivity (Wildman–Crippen MR) is 86.5 cm³/mol. The van der Waals surface area contributed by atoms with Crippen LogP contribution in [0.5, 0.6) is 0 Å². The maximum atomic E-state index is 5.99. The van der Waals surface area contributed by atoms with Gasteiger partial charge < -0.3 is 11.1 Å². The highest BCUT2D eigenvalue weighted by Crippen LogP contribution is 2.33. The normalized spacial score (nSPS) is 10.8. The van der Waals surface area contributed by atoms with Gasteiger partial charge in [-0.25, -0.2) is 4.98 Å². The number of fused-ring (bicyclic) bond motifs is 1. The summed E-state index contributed by atoms with van der Waals surface area (Å²) in [6, 6.07) is 11.3. The van der Waals surface area contributed by atoms with Gasteiger partial charge in [0.1, 0.15) is 0 Å². The summed E-state index contributed by atoms with van der Waals surface area (Å²) in [5.74, 6) is 0. The van der Waals surface area contributed by atoms with Crippen LogP contribution in [0.2, 0.25) is 5.02 Å². The van der Waals surface area contributed by atoms with Crippen molar-refractivity contribution in [2.24, 2.45) is 0 Å². The largest absolute Gasteiger partial charge is 0.399 e. The molecule has 19 heavy (non-hydrogen) atoms. The van der Waals surface area contributed by atoms with Crippen molar-refractivity contribution in [3.63, 3.8) is 0 Å². The van der Waals surface area contributed by atoms with E-state index in [1.165, 1.54) is 0 Å². The molecule has 0 spiro atoms. The van der Waals surface area contributed by atoms with Crippen LogP contribution in [0.4, 0.5) is 16.5 Å². The highest BCUT2D eigenvalue weighted by Gasteiger charge is 2.07. The van der Waals surface area contributed by atoms with E-state index in [0.717, 1.165) is 31.2 Å². The minimum absolute atomic E-state index is 0.677. The first-order valence-corrected chi connectivity index (χ1v) is 7.49. The molecule has 1 heterocycles. The Hall–Kier alpha value is -1.30. The van der Waals surface area contributed by atoms with Gasteiger partial charge in [0.2, 0.25) is 0 Å². The van der Waals surface area contributed by atoms with Crippen molar-refractivity contribution in [1.82, 2.24) is 4.98 Å². The van der Waals surface area contributed by atoms with Crippen molar-refractivity contribution >= 4 is 65.6 Å². The summed E-state index contributed by atoms with van der Waals surface area (Å²) in [6.45, 7) is 0. The summed E-state index contributed by atoms with van der Waals surface area (Å²) in [7, 11) is 0. The minimum atomic E-state index is 0.677. The van der Waals surface area contributed by atoms with E-state index in [1.807, 2.05) is 36.4 Å². The summed E-state index contributed by atoms with van der Waals surface area (Å²) in [5, 5.41) is 4.74. The van der Waals surface area contributed by atoms with Gasteiger partial charge in [0, 0.05) is 15.2 Å². The van der Waals surface area contributed by atoms with E-state index in [-0.39, 0.29) is 0 Å². The number of halogens is 2. The molecule has 0 bridgehead atoms. The number of nitrogens with zero attached hydrogens (tertiary/aromatic N) is 1. The zero-order valence-corrected chi connectivity index (χ0v) is 12.8. The van der Waals surface area contributed by atoms with Gasteiger partial charge in [0.15, 0.2) is 5.13 Å². The van der Waals surface area contributed by atoms with Crippen LogP contribution in [-0.4, -0.2) is 4.98 Å². The lowest BCUT2D eigenvalue weighted by Gasteiger charge is -2.05. The smallest absolute Gasteiger partial charge is 0.188 e. The van der Waals surface area contributed by atoms with Gasteiger partial charge in [-0.2, -0.15) is 0 Å². The summed E-state index contributed by atoms with van der Waals surface area (Å²) in [5.41, 5.74) is 8.32. The molecular formula is C13H9BrClN3S. The van der Waals surface area contributed by atoms with E-state index < -0.39 is 0 Å². The van der Waals surface area contributed by atoms with Crippen molar-refractivity contribution in [3.8, 4) is 0 Å². The van der Waals surface area contributed by atoms with Gasteiger partial charge >= 0.3 is 0 Å². The zero-order chi connectivity index (χ0) is 13.4.